The highest BCUT2D eigenvalue weighted by Gasteiger charge is 2.34. The summed E-state index contributed by atoms with van der Waals surface area (Å²) in [6.45, 7) is 2.27. The predicted molar refractivity (Wildman–Crippen MR) is 95.8 cm³/mol. The number of ether oxygens (including phenoxy) is 1. The number of benzene rings is 1. The molecule has 0 fully saturated rings. The van der Waals surface area contributed by atoms with Crippen LogP contribution >= 0.6 is 11.8 Å². The Morgan fingerprint density at radius 3 is 2.61 bits per heavy atom. The molecule has 0 aliphatic carbocycles. The molecule has 3 rings (SSSR count). The zero-order chi connectivity index (χ0) is 20.3. The van der Waals surface area contributed by atoms with Crippen LogP contribution in [-0.4, -0.2) is 50.9 Å². The average Bonchev–Trinajstić information content (AvgIpc) is 3.09. The van der Waals surface area contributed by atoms with Crippen molar-refractivity contribution in [3.63, 3.8) is 0 Å². The number of nitrogens with zero attached hydrogens (tertiary/aromatic N) is 7. The van der Waals surface area contributed by atoms with E-state index in [1.54, 1.807) is 38.4 Å². The fraction of sp³-hybridized carbons (Fsp3) is 0.312. The van der Waals surface area contributed by atoms with Gasteiger partial charge in [-0.05, 0) is 41.2 Å². The lowest BCUT2D eigenvalue weighted by Crippen LogP contribution is -2.16. The van der Waals surface area contributed by atoms with Crippen LogP contribution in [0.1, 0.15) is 12.6 Å². The summed E-state index contributed by atoms with van der Waals surface area (Å²) < 4.78 is 46.5. The number of hydrogen-bond acceptors (Lipinski definition) is 8. The Morgan fingerprint density at radius 1 is 1.18 bits per heavy atom. The Labute approximate surface area is 162 Å². The SMILES string of the molecule is CCOc1ccccc1-n1nnnc1Sc1nc(N(C)C)cc(C(F)(F)F)n1. The Bertz CT molecular complexity index is 961. The van der Waals surface area contributed by atoms with Gasteiger partial charge < -0.3 is 9.64 Å². The monoisotopic (exact) mass is 411 g/mol. The smallest absolute Gasteiger partial charge is 0.433 e. The van der Waals surface area contributed by atoms with Gasteiger partial charge in [-0.25, -0.2) is 9.97 Å². The lowest BCUT2D eigenvalue weighted by atomic mass is 10.3. The van der Waals surface area contributed by atoms with Crippen molar-refractivity contribution < 1.29 is 17.9 Å². The first-order chi connectivity index (χ1) is 13.3. The van der Waals surface area contributed by atoms with Crippen molar-refractivity contribution in [2.24, 2.45) is 0 Å². The summed E-state index contributed by atoms with van der Waals surface area (Å²) in [6, 6.07) is 7.95. The molecule has 12 heteroatoms. The quantitative estimate of drug-likeness (QED) is 0.573. The largest absolute Gasteiger partial charge is 0.492 e. The highest BCUT2D eigenvalue weighted by atomic mass is 32.2. The maximum absolute atomic E-state index is 13.2. The van der Waals surface area contributed by atoms with Crippen LogP contribution in [-0.2, 0) is 6.18 Å². The maximum Gasteiger partial charge on any atom is 0.433 e. The van der Waals surface area contributed by atoms with E-state index in [2.05, 4.69) is 25.5 Å². The number of para-hydroxylation sites is 2. The van der Waals surface area contributed by atoms with Crippen molar-refractivity contribution in [3.05, 3.63) is 36.0 Å². The standard InChI is InChI=1S/C16H16F3N7OS/c1-4-27-11-8-6-5-7-10(11)26-15(22-23-24-26)28-14-20-12(16(17,18)19)9-13(21-14)25(2)3/h5-9H,4H2,1-3H3. The van der Waals surface area contributed by atoms with Crippen LogP contribution in [0.5, 0.6) is 5.75 Å². The van der Waals surface area contributed by atoms with E-state index < -0.39 is 11.9 Å². The Morgan fingerprint density at radius 2 is 1.93 bits per heavy atom. The maximum atomic E-state index is 13.2. The third-order valence-electron chi connectivity index (χ3n) is 3.46. The van der Waals surface area contributed by atoms with E-state index in [4.69, 9.17) is 4.74 Å². The van der Waals surface area contributed by atoms with E-state index in [9.17, 15) is 13.2 Å². The summed E-state index contributed by atoms with van der Waals surface area (Å²) in [7, 11) is 3.19. The lowest BCUT2D eigenvalue weighted by Gasteiger charge is -2.15. The molecule has 0 bridgehead atoms. The van der Waals surface area contributed by atoms with Crippen molar-refractivity contribution in [1.82, 2.24) is 30.2 Å². The molecule has 0 aliphatic heterocycles. The van der Waals surface area contributed by atoms with Gasteiger partial charge >= 0.3 is 6.18 Å². The first-order valence-electron chi connectivity index (χ1n) is 8.11. The molecule has 1 aromatic carbocycles. The first kappa shape index (κ1) is 19.9. The van der Waals surface area contributed by atoms with Gasteiger partial charge in [0.1, 0.15) is 17.3 Å². The van der Waals surface area contributed by atoms with Gasteiger partial charge in [-0.3, -0.25) is 0 Å². The normalized spacial score (nSPS) is 11.5. The molecule has 148 valence electrons. The van der Waals surface area contributed by atoms with Crippen LogP contribution in [0.2, 0.25) is 0 Å². The molecule has 2 aromatic heterocycles. The summed E-state index contributed by atoms with van der Waals surface area (Å²) in [5.41, 5.74) is -0.487. The van der Waals surface area contributed by atoms with Crippen LogP contribution in [0.4, 0.5) is 19.0 Å². The molecule has 0 saturated carbocycles. The molecule has 2 heterocycles. The van der Waals surface area contributed by atoms with E-state index in [-0.39, 0.29) is 16.1 Å². The van der Waals surface area contributed by atoms with Gasteiger partial charge in [0.25, 0.3) is 0 Å². The van der Waals surface area contributed by atoms with Crippen molar-refractivity contribution >= 4 is 17.6 Å². The summed E-state index contributed by atoms with van der Waals surface area (Å²) >= 11 is 0.827. The van der Waals surface area contributed by atoms with Gasteiger partial charge in [0.15, 0.2) is 10.9 Å². The zero-order valence-electron chi connectivity index (χ0n) is 15.2. The number of aromatic nitrogens is 6. The fourth-order valence-corrected chi connectivity index (χ4v) is 2.96. The second-order valence-corrected chi connectivity index (χ2v) is 6.60. The molecule has 0 N–H and O–H groups in total. The van der Waals surface area contributed by atoms with Crippen LogP contribution in [0, 0.1) is 0 Å². The summed E-state index contributed by atoms with van der Waals surface area (Å²) in [5, 5.41) is 11.5. The predicted octanol–water partition coefficient (Wildman–Crippen LogP) is 3.09. The molecule has 0 amide bonds. The fourth-order valence-electron chi connectivity index (χ4n) is 2.22. The number of hydrogen-bond donors (Lipinski definition) is 0. The van der Waals surface area contributed by atoms with Gasteiger partial charge in [0, 0.05) is 20.2 Å². The molecule has 0 aliphatic rings. The number of tetrazole rings is 1. The summed E-state index contributed by atoms with van der Waals surface area (Å²) in [5.74, 6) is 0.664. The van der Waals surface area contributed by atoms with Crippen LogP contribution in [0.3, 0.4) is 0 Å². The Hall–Kier alpha value is -2.89. The van der Waals surface area contributed by atoms with Gasteiger partial charge in [-0.15, -0.1) is 5.10 Å². The van der Waals surface area contributed by atoms with Crippen LogP contribution in [0.25, 0.3) is 5.69 Å². The molecule has 28 heavy (non-hydrogen) atoms. The molecule has 0 unspecified atom stereocenters. The van der Waals surface area contributed by atoms with Gasteiger partial charge in [0.2, 0.25) is 5.16 Å². The number of halogens is 3. The molecular weight excluding hydrogens is 395 g/mol. The molecular formula is C16H16F3N7OS. The van der Waals surface area contributed by atoms with E-state index in [0.717, 1.165) is 17.8 Å². The van der Waals surface area contributed by atoms with Crippen molar-refractivity contribution in [1.29, 1.82) is 0 Å². The summed E-state index contributed by atoms with van der Waals surface area (Å²) in [4.78, 5) is 9.23. The molecule has 8 nitrogen and oxygen atoms in total. The third-order valence-corrected chi connectivity index (χ3v) is 4.26. The highest BCUT2D eigenvalue weighted by Crippen LogP contribution is 2.33. The van der Waals surface area contributed by atoms with E-state index in [1.807, 2.05) is 6.92 Å². The highest BCUT2D eigenvalue weighted by molar-refractivity contribution is 7.99. The van der Waals surface area contributed by atoms with E-state index in [0.29, 0.717) is 18.0 Å². The minimum absolute atomic E-state index is 0.122. The summed E-state index contributed by atoms with van der Waals surface area (Å²) in [6.07, 6.45) is -4.60. The molecule has 0 spiro atoms. The van der Waals surface area contributed by atoms with Crippen LogP contribution < -0.4 is 9.64 Å². The van der Waals surface area contributed by atoms with E-state index >= 15 is 0 Å². The van der Waals surface area contributed by atoms with Gasteiger partial charge in [-0.2, -0.15) is 17.9 Å². The second kappa shape index (κ2) is 8.00. The average molecular weight is 411 g/mol. The molecule has 3 aromatic rings. The van der Waals surface area contributed by atoms with Gasteiger partial charge in [0.05, 0.1) is 6.61 Å². The minimum Gasteiger partial charge on any atom is -0.492 e. The van der Waals surface area contributed by atoms with Crippen molar-refractivity contribution in [3.8, 4) is 11.4 Å². The minimum atomic E-state index is -4.60. The molecule has 0 radical (unpaired) electrons. The third kappa shape index (κ3) is 4.32. The van der Waals surface area contributed by atoms with Gasteiger partial charge in [-0.1, -0.05) is 12.1 Å². The number of rotatable bonds is 6. The number of anilines is 1. The van der Waals surface area contributed by atoms with Crippen LogP contribution in [0.15, 0.2) is 40.6 Å². The van der Waals surface area contributed by atoms with E-state index in [1.165, 1.54) is 9.58 Å². The molecule has 0 saturated heterocycles. The topological polar surface area (TPSA) is 81.8 Å². The Balaban J connectivity index is 2.01. The first-order valence-corrected chi connectivity index (χ1v) is 8.93. The van der Waals surface area contributed by atoms with Crippen molar-refractivity contribution in [2.75, 3.05) is 25.6 Å². The Kier molecular flexibility index (Phi) is 5.68. The lowest BCUT2D eigenvalue weighted by molar-refractivity contribution is -0.141. The molecule has 0 atom stereocenters. The number of alkyl halides is 3. The zero-order valence-corrected chi connectivity index (χ0v) is 16.0. The second-order valence-electron chi connectivity index (χ2n) is 5.66. The van der Waals surface area contributed by atoms with Crippen molar-refractivity contribution in [2.45, 2.75) is 23.4 Å².